The molecule has 2 N–H and O–H groups in total. The third kappa shape index (κ3) is 2.45. The summed E-state index contributed by atoms with van der Waals surface area (Å²) < 4.78 is 5.17. The molecule has 3 heterocycles. The molecule has 0 unspecified atom stereocenters. The molecule has 0 aliphatic carbocycles. The van der Waals surface area contributed by atoms with E-state index in [1.54, 1.807) is 11.8 Å². The van der Waals surface area contributed by atoms with Crippen molar-refractivity contribution < 1.29 is 19.2 Å². The van der Waals surface area contributed by atoms with Crippen LogP contribution in [0.25, 0.3) is 0 Å². The molecule has 152 valence electrons. The van der Waals surface area contributed by atoms with Gasteiger partial charge in [-0.15, -0.1) is 0 Å². The molecule has 0 radical (unpaired) electrons. The van der Waals surface area contributed by atoms with Crippen molar-refractivity contribution in [1.29, 1.82) is 0 Å². The molecule has 5 rings (SSSR count). The van der Waals surface area contributed by atoms with E-state index in [9.17, 15) is 14.7 Å². The number of para-hydroxylation sites is 1. The number of nitrogens with one attached hydrogen (secondary N) is 1. The normalized spacial score (nSPS) is 22.4. The number of likely N-dealkylation sites (tertiary alicyclic amines) is 1. The van der Waals surface area contributed by atoms with Gasteiger partial charge in [0.25, 0.3) is 5.91 Å². The summed E-state index contributed by atoms with van der Waals surface area (Å²) in [7, 11) is 0. The average molecular weight is 403 g/mol. The number of hydrogen-bond donors (Lipinski definition) is 2. The largest absolute Gasteiger partial charge is 0.391 e. The minimum absolute atomic E-state index is 0.0969. The van der Waals surface area contributed by atoms with Crippen LogP contribution in [0.4, 0.5) is 5.69 Å². The van der Waals surface area contributed by atoms with Crippen LogP contribution in [-0.4, -0.2) is 33.5 Å². The van der Waals surface area contributed by atoms with Crippen LogP contribution in [-0.2, 0) is 16.8 Å². The van der Waals surface area contributed by atoms with Crippen molar-refractivity contribution in [3.8, 4) is 0 Å². The first-order chi connectivity index (χ1) is 14.6. The van der Waals surface area contributed by atoms with E-state index >= 15 is 0 Å². The number of carbonyl (C=O) groups excluding carboxylic acids is 2. The molecule has 1 saturated heterocycles. The molecule has 30 heavy (non-hydrogen) atoms. The predicted molar refractivity (Wildman–Crippen MR) is 109 cm³/mol. The minimum atomic E-state index is -0.883. The Kier molecular flexibility index (Phi) is 4.22. The molecule has 1 spiro atoms. The van der Waals surface area contributed by atoms with Gasteiger partial charge in [0.1, 0.15) is 11.2 Å². The van der Waals surface area contributed by atoms with Gasteiger partial charge in [-0.2, -0.15) is 0 Å². The van der Waals surface area contributed by atoms with Gasteiger partial charge in [0.2, 0.25) is 5.91 Å². The Labute approximate surface area is 173 Å². The SMILES string of the molecule is Cc1onc(C(=O)N2CC[C@]3(C(=O)Nc4ccccc43)[C@@H]2c2ccccc2)c1CO. The Bertz CT molecular complexity index is 1140. The van der Waals surface area contributed by atoms with Crippen molar-refractivity contribution in [1.82, 2.24) is 10.1 Å². The van der Waals surface area contributed by atoms with Crippen LogP contribution < -0.4 is 5.32 Å². The quantitative estimate of drug-likeness (QED) is 0.701. The molecular weight excluding hydrogens is 382 g/mol. The highest BCUT2D eigenvalue weighted by atomic mass is 16.5. The number of hydrogen-bond acceptors (Lipinski definition) is 5. The van der Waals surface area contributed by atoms with Gasteiger partial charge in [-0.05, 0) is 30.5 Å². The Hall–Kier alpha value is -3.45. The number of amides is 2. The van der Waals surface area contributed by atoms with Crippen molar-refractivity contribution in [2.24, 2.45) is 0 Å². The number of nitrogens with zero attached hydrogens (tertiary/aromatic N) is 2. The molecule has 0 saturated carbocycles. The van der Waals surface area contributed by atoms with Gasteiger partial charge in [-0.1, -0.05) is 53.7 Å². The predicted octanol–water partition coefficient (Wildman–Crippen LogP) is 2.95. The Morgan fingerprint density at radius 3 is 2.73 bits per heavy atom. The second kappa shape index (κ2) is 6.81. The molecule has 2 atom stereocenters. The summed E-state index contributed by atoms with van der Waals surface area (Å²) in [5.74, 6) is -0.0413. The third-order valence-corrected chi connectivity index (χ3v) is 6.31. The van der Waals surface area contributed by atoms with Gasteiger partial charge in [0.15, 0.2) is 5.69 Å². The zero-order valence-corrected chi connectivity index (χ0v) is 16.5. The van der Waals surface area contributed by atoms with Crippen LogP contribution in [0, 0.1) is 6.92 Å². The lowest BCUT2D eigenvalue weighted by Gasteiger charge is -2.34. The molecule has 2 aromatic carbocycles. The fourth-order valence-electron chi connectivity index (χ4n) is 4.89. The fraction of sp³-hybridized carbons (Fsp3) is 0.261. The van der Waals surface area contributed by atoms with Gasteiger partial charge < -0.3 is 19.8 Å². The summed E-state index contributed by atoms with van der Waals surface area (Å²) in [6.07, 6.45) is 0.492. The van der Waals surface area contributed by atoms with E-state index in [1.165, 1.54) is 0 Å². The number of fused-ring (bicyclic) bond motifs is 2. The van der Waals surface area contributed by atoms with E-state index in [0.717, 1.165) is 16.8 Å². The highest BCUT2D eigenvalue weighted by Crippen LogP contribution is 2.54. The molecule has 2 amide bonds. The van der Waals surface area contributed by atoms with Crippen LogP contribution in [0.15, 0.2) is 59.1 Å². The number of aryl methyl sites for hydroxylation is 1. The minimum Gasteiger partial charge on any atom is -0.391 e. The average Bonchev–Trinajstić information content (AvgIpc) is 3.43. The van der Waals surface area contributed by atoms with Crippen molar-refractivity contribution in [3.05, 3.63) is 82.7 Å². The van der Waals surface area contributed by atoms with Crippen molar-refractivity contribution in [2.75, 3.05) is 11.9 Å². The number of aromatic nitrogens is 1. The first-order valence-corrected chi connectivity index (χ1v) is 9.91. The molecule has 1 aromatic heterocycles. The zero-order chi connectivity index (χ0) is 20.9. The van der Waals surface area contributed by atoms with Gasteiger partial charge >= 0.3 is 0 Å². The molecule has 2 aliphatic rings. The van der Waals surface area contributed by atoms with E-state index in [1.807, 2.05) is 54.6 Å². The number of rotatable bonds is 3. The van der Waals surface area contributed by atoms with Gasteiger partial charge in [-0.3, -0.25) is 9.59 Å². The number of anilines is 1. The smallest absolute Gasteiger partial charge is 0.276 e. The lowest BCUT2D eigenvalue weighted by molar-refractivity contribution is -0.121. The number of carbonyl (C=O) groups is 2. The monoisotopic (exact) mass is 403 g/mol. The maximum atomic E-state index is 13.5. The lowest BCUT2D eigenvalue weighted by Crippen LogP contribution is -2.42. The Morgan fingerprint density at radius 1 is 1.23 bits per heavy atom. The lowest BCUT2D eigenvalue weighted by atomic mass is 9.72. The molecule has 7 heteroatoms. The summed E-state index contributed by atoms with van der Waals surface area (Å²) in [5.41, 5.74) is 2.15. The fourth-order valence-corrected chi connectivity index (χ4v) is 4.89. The van der Waals surface area contributed by atoms with Gasteiger partial charge in [0.05, 0.1) is 18.2 Å². The summed E-state index contributed by atoms with van der Waals surface area (Å²) >= 11 is 0. The van der Waals surface area contributed by atoms with Crippen molar-refractivity contribution >= 4 is 17.5 Å². The van der Waals surface area contributed by atoms with Crippen LogP contribution in [0.5, 0.6) is 0 Å². The van der Waals surface area contributed by atoms with E-state index in [0.29, 0.717) is 24.3 Å². The molecular formula is C23H21N3O4. The summed E-state index contributed by atoms with van der Waals surface area (Å²) in [6.45, 7) is 1.71. The van der Waals surface area contributed by atoms with Crippen LogP contribution in [0.1, 0.15) is 45.4 Å². The molecule has 2 aliphatic heterocycles. The Balaban J connectivity index is 1.67. The second-order valence-corrected chi connectivity index (χ2v) is 7.76. The molecule has 0 bridgehead atoms. The van der Waals surface area contributed by atoms with Crippen LogP contribution in [0.2, 0.25) is 0 Å². The van der Waals surface area contributed by atoms with Crippen LogP contribution in [0.3, 0.4) is 0 Å². The second-order valence-electron chi connectivity index (χ2n) is 7.76. The van der Waals surface area contributed by atoms with E-state index in [4.69, 9.17) is 4.52 Å². The van der Waals surface area contributed by atoms with Crippen molar-refractivity contribution in [3.63, 3.8) is 0 Å². The third-order valence-electron chi connectivity index (χ3n) is 6.31. The van der Waals surface area contributed by atoms with E-state index < -0.39 is 11.5 Å². The number of aliphatic hydroxyl groups excluding tert-OH is 1. The number of benzene rings is 2. The summed E-state index contributed by atoms with van der Waals surface area (Å²) in [4.78, 5) is 28.6. The standard InChI is InChI=1S/C23H21N3O4/c1-14-16(13-27)19(25-30-14)21(28)26-12-11-23(20(26)15-7-3-2-4-8-15)17-9-5-6-10-18(17)24-22(23)29/h2-10,20,27H,11-13H2,1H3,(H,24,29)/t20-,23+/m0/s1. The highest BCUT2D eigenvalue weighted by Gasteiger charge is 2.59. The van der Waals surface area contributed by atoms with Crippen molar-refractivity contribution in [2.45, 2.75) is 31.4 Å². The van der Waals surface area contributed by atoms with Gasteiger partial charge in [-0.25, -0.2) is 0 Å². The molecule has 3 aromatic rings. The Morgan fingerprint density at radius 2 is 1.97 bits per heavy atom. The van der Waals surface area contributed by atoms with E-state index in [2.05, 4.69) is 10.5 Å². The van der Waals surface area contributed by atoms with E-state index in [-0.39, 0.29) is 24.1 Å². The zero-order valence-electron chi connectivity index (χ0n) is 16.5. The number of aliphatic hydroxyl groups is 1. The first-order valence-electron chi connectivity index (χ1n) is 9.91. The maximum absolute atomic E-state index is 13.5. The summed E-state index contributed by atoms with van der Waals surface area (Å²) in [5, 5.41) is 16.6. The molecule has 1 fully saturated rings. The molecule has 7 nitrogen and oxygen atoms in total. The summed E-state index contributed by atoms with van der Waals surface area (Å²) in [6, 6.07) is 16.7. The maximum Gasteiger partial charge on any atom is 0.276 e. The van der Waals surface area contributed by atoms with Gasteiger partial charge in [0, 0.05) is 12.2 Å². The first kappa shape index (κ1) is 18.6. The highest BCUT2D eigenvalue weighted by molar-refractivity contribution is 6.08. The van der Waals surface area contributed by atoms with Crippen LogP contribution >= 0.6 is 0 Å². The topological polar surface area (TPSA) is 95.7 Å².